The first-order chi connectivity index (χ1) is 15.6. The van der Waals surface area contributed by atoms with Crippen molar-refractivity contribution in [2.75, 3.05) is 6.26 Å². The highest BCUT2D eigenvalue weighted by molar-refractivity contribution is 7.98. The molecule has 0 aliphatic carbocycles. The van der Waals surface area contributed by atoms with Crippen molar-refractivity contribution >= 4 is 17.7 Å². The molecular weight excluding hydrogens is 425 g/mol. The first kappa shape index (κ1) is 21.5. The molecule has 0 spiro atoms. The van der Waals surface area contributed by atoms with Gasteiger partial charge in [-0.15, -0.1) is 11.8 Å². The Bertz CT molecular complexity index is 1180. The third-order valence-corrected chi connectivity index (χ3v) is 5.49. The van der Waals surface area contributed by atoms with Crippen molar-refractivity contribution in [1.29, 1.82) is 0 Å². The van der Waals surface area contributed by atoms with Crippen LogP contribution < -0.4 is 10.1 Å². The number of carbonyl (C=O) groups is 1. The molecule has 4 aromatic rings. The van der Waals surface area contributed by atoms with Crippen LogP contribution in [-0.2, 0) is 6.54 Å². The number of thioether (sulfide) groups is 1. The summed E-state index contributed by atoms with van der Waals surface area (Å²) in [6, 6.07) is 21.1. The second-order valence-corrected chi connectivity index (χ2v) is 7.80. The number of benzene rings is 3. The lowest BCUT2D eigenvalue weighted by atomic mass is 10.1. The van der Waals surface area contributed by atoms with Crippen LogP contribution in [-0.4, -0.2) is 22.1 Å². The molecule has 0 aliphatic rings. The molecule has 1 amide bonds. The fraction of sp³-hybridized carbons (Fsp3) is 0.0800. The summed E-state index contributed by atoms with van der Waals surface area (Å²) in [6.07, 6.45) is 5.31. The third kappa shape index (κ3) is 5.50. The summed E-state index contributed by atoms with van der Waals surface area (Å²) in [6.45, 7) is 0.471. The molecule has 0 saturated carbocycles. The van der Waals surface area contributed by atoms with Gasteiger partial charge in [0.05, 0.1) is 0 Å². The molecule has 1 aromatic heterocycles. The molecule has 32 heavy (non-hydrogen) atoms. The highest BCUT2D eigenvalue weighted by Gasteiger charge is 2.08. The van der Waals surface area contributed by atoms with Crippen LogP contribution in [0.3, 0.4) is 0 Å². The summed E-state index contributed by atoms with van der Waals surface area (Å²) < 4.78 is 18.5. The molecule has 0 bridgehead atoms. The molecule has 0 unspecified atom stereocenters. The van der Waals surface area contributed by atoms with Crippen molar-refractivity contribution in [3.63, 3.8) is 0 Å². The Morgan fingerprint density at radius 2 is 1.56 bits per heavy atom. The van der Waals surface area contributed by atoms with Gasteiger partial charge in [0.25, 0.3) is 5.91 Å². The molecular formula is C25H20FN3O2S. The smallest absolute Gasteiger partial charge is 0.321 e. The Balaban J connectivity index is 1.36. The van der Waals surface area contributed by atoms with Gasteiger partial charge in [-0.1, -0.05) is 24.3 Å². The quantitative estimate of drug-likeness (QED) is 0.368. The summed E-state index contributed by atoms with van der Waals surface area (Å²) in [5.74, 6) is -0.0185. The second kappa shape index (κ2) is 10.1. The van der Waals surface area contributed by atoms with Crippen molar-refractivity contribution in [3.8, 4) is 22.9 Å². The maximum atomic E-state index is 13.0. The Labute approximate surface area is 189 Å². The number of aromatic nitrogens is 2. The molecule has 7 heteroatoms. The maximum Gasteiger partial charge on any atom is 0.321 e. The number of nitrogens with zero attached hydrogens (tertiary/aromatic N) is 2. The van der Waals surface area contributed by atoms with E-state index in [0.717, 1.165) is 16.7 Å². The van der Waals surface area contributed by atoms with Crippen molar-refractivity contribution in [2.45, 2.75) is 11.4 Å². The summed E-state index contributed by atoms with van der Waals surface area (Å²) in [5.41, 5.74) is 3.29. The molecule has 1 N–H and O–H groups in total. The minimum absolute atomic E-state index is 0.134. The van der Waals surface area contributed by atoms with Gasteiger partial charge in [-0.25, -0.2) is 14.4 Å². The zero-order chi connectivity index (χ0) is 22.3. The Kier molecular flexibility index (Phi) is 6.77. The van der Waals surface area contributed by atoms with Gasteiger partial charge in [0.15, 0.2) is 0 Å². The molecule has 0 atom stereocenters. The zero-order valence-corrected chi connectivity index (χ0v) is 18.1. The van der Waals surface area contributed by atoms with Crippen molar-refractivity contribution in [1.82, 2.24) is 15.3 Å². The standard InChI is InChI=1S/C25H20FN3O2S/c1-32-23-12-2-17(3-13-23)14-27-24(30)19-6-4-18(5-7-19)20-15-28-25(29-16-20)31-22-10-8-21(26)9-11-22/h2-13,15-16H,14H2,1H3,(H,27,30). The van der Waals surface area contributed by atoms with Crippen molar-refractivity contribution < 1.29 is 13.9 Å². The molecule has 3 aromatic carbocycles. The number of hydrogen-bond donors (Lipinski definition) is 1. The van der Waals surface area contributed by atoms with Gasteiger partial charge < -0.3 is 10.1 Å². The number of hydrogen-bond acceptors (Lipinski definition) is 5. The SMILES string of the molecule is CSc1ccc(CNC(=O)c2ccc(-c3cnc(Oc4ccc(F)cc4)nc3)cc2)cc1. The molecule has 1 heterocycles. The van der Waals surface area contributed by atoms with Gasteiger partial charge in [-0.3, -0.25) is 4.79 Å². The maximum absolute atomic E-state index is 13.0. The fourth-order valence-corrected chi connectivity index (χ4v) is 3.38. The molecule has 0 saturated heterocycles. The second-order valence-electron chi connectivity index (χ2n) is 6.92. The average molecular weight is 446 g/mol. The van der Waals surface area contributed by atoms with Gasteiger partial charge in [0, 0.05) is 35.0 Å². The van der Waals surface area contributed by atoms with E-state index in [2.05, 4.69) is 15.3 Å². The van der Waals surface area contributed by atoms with Gasteiger partial charge in [-0.2, -0.15) is 0 Å². The van der Waals surface area contributed by atoms with Gasteiger partial charge in [0.2, 0.25) is 0 Å². The molecule has 4 rings (SSSR count). The molecule has 5 nitrogen and oxygen atoms in total. The van der Waals surface area contributed by atoms with E-state index in [0.29, 0.717) is 17.9 Å². The van der Waals surface area contributed by atoms with E-state index in [-0.39, 0.29) is 17.7 Å². The van der Waals surface area contributed by atoms with Crippen LogP contribution in [0.2, 0.25) is 0 Å². The highest BCUT2D eigenvalue weighted by Crippen LogP contribution is 2.22. The topological polar surface area (TPSA) is 64.1 Å². The first-order valence-electron chi connectivity index (χ1n) is 9.88. The number of ether oxygens (including phenoxy) is 1. The highest BCUT2D eigenvalue weighted by atomic mass is 32.2. The third-order valence-electron chi connectivity index (χ3n) is 4.74. The van der Waals surface area contributed by atoms with Crippen LogP contribution in [0.25, 0.3) is 11.1 Å². The normalized spacial score (nSPS) is 10.6. The largest absolute Gasteiger partial charge is 0.424 e. The fourth-order valence-electron chi connectivity index (χ4n) is 2.97. The van der Waals surface area contributed by atoms with E-state index in [1.807, 2.05) is 42.7 Å². The number of rotatable bonds is 7. The molecule has 0 aliphatic heterocycles. The van der Waals surface area contributed by atoms with E-state index >= 15 is 0 Å². The minimum atomic E-state index is -0.337. The van der Waals surface area contributed by atoms with Gasteiger partial charge in [0.1, 0.15) is 11.6 Å². The number of carbonyl (C=O) groups excluding carboxylic acids is 1. The number of amides is 1. The Hall–Kier alpha value is -3.71. The summed E-state index contributed by atoms with van der Waals surface area (Å²) in [7, 11) is 0. The molecule has 0 radical (unpaired) electrons. The summed E-state index contributed by atoms with van der Waals surface area (Å²) >= 11 is 1.68. The summed E-state index contributed by atoms with van der Waals surface area (Å²) in [4.78, 5) is 22.0. The lowest BCUT2D eigenvalue weighted by Gasteiger charge is -2.08. The van der Waals surface area contributed by atoms with Crippen LogP contribution >= 0.6 is 11.8 Å². The molecule has 0 fully saturated rings. The van der Waals surface area contributed by atoms with Crippen molar-refractivity contribution in [3.05, 3.63) is 102 Å². The van der Waals surface area contributed by atoms with Crippen LogP contribution in [0, 0.1) is 5.82 Å². The molecule has 160 valence electrons. The Morgan fingerprint density at radius 1 is 0.906 bits per heavy atom. The van der Waals surface area contributed by atoms with Crippen LogP contribution in [0.4, 0.5) is 4.39 Å². The van der Waals surface area contributed by atoms with E-state index in [1.54, 1.807) is 36.3 Å². The average Bonchev–Trinajstić information content (AvgIpc) is 2.85. The van der Waals surface area contributed by atoms with E-state index < -0.39 is 0 Å². The van der Waals surface area contributed by atoms with Crippen molar-refractivity contribution in [2.24, 2.45) is 0 Å². The minimum Gasteiger partial charge on any atom is -0.424 e. The van der Waals surface area contributed by atoms with Crippen LogP contribution in [0.5, 0.6) is 11.8 Å². The van der Waals surface area contributed by atoms with Crippen LogP contribution in [0.1, 0.15) is 15.9 Å². The Morgan fingerprint density at radius 3 is 2.19 bits per heavy atom. The van der Waals surface area contributed by atoms with Gasteiger partial charge in [-0.05, 0) is 65.9 Å². The van der Waals surface area contributed by atoms with Crippen LogP contribution in [0.15, 0.2) is 90.1 Å². The van der Waals surface area contributed by atoms with E-state index in [9.17, 15) is 9.18 Å². The lowest BCUT2D eigenvalue weighted by molar-refractivity contribution is 0.0951. The number of halogens is 1. The number of nitrogens with one attached hydrogen (secondary N) is 1. The monoisotopic (exact) mass is 445 g/mol. The van der Waals surface area contributed by atoms with E-state index in [4.69, 9.17) is 4.74 Å². The first-order valence-corrected chi connectivity index (χ1v) is 11.1. The predicted molar refractivity (Wildman–Crippen MR) is 123 cm³/mol. The lowest BCUT2D eigenvalue weighted by Crippen LogP contribution is -2.22. The summed E-state index contributed by atoms with van der Waals surface area (Å²) in [5, 5.41) is 2.94. The van der Waals surface area contributed by atoms with Gasteiger partial charge >= 0.3 is 6.01 Å². The zero-order valence-electron chi connectivity index (χ0n) is 17.3. The van der Waals surface area contributed by atoms with E-state index in [1.165, 1.54) is 29.2 Å². The predicted octanol–water partition coefficient (Wildman–Crippen LogP) is 5.73.